The lowest BCUT2D eigenvalue weighted by Crippen LogP contribution is -2.38. The van der Waals surface area contributed by atoms with Gasteiger partial charge in [-0.1, -0.05) is 27.7 Å². The number of hydrogen-bond acceptors (Lipinski definition) is 5. The summed E-state index contributed by atoms with van der Waals surface area (Å²) in [7, 11) is 0. The van der Waals surface area contributed by atoms with Gasteiger partial charge >= 0.3 is 0 Å². The molecule has 1 N–H and O–H groups in total. The van der Waals surface area contributed by atoms with Gasteiger partial charge in [0.05, 0.1) is 5.75 Å². The van der Waals surface area contributed by atoms with Crippen LogP contribution in [0.2, 0.25) is 0 Å². The van der Waals surface area contributed by atoms with Gasteiger partial charge in [0.2, 0.25) is 5.91 Å². The third kappa shape index (κ3) is 5.19. The quantitative estimate of drug-likeness (QED) is 0.575. The predicted molar refractivity (Wildman–Crippen MR) is 106 cm³/mol. The van der Waals surface area contributed by atoms with Crippen molar-refractivity contribution in [1.82, 2.24) is 9.97 Å². The van der Waals surface area contributed by atoms with Crippen LogP contribution in [0.25, 0.3) is 0 Å². The first-order chi connectivity index (χ1) is 12.1. The van der Waals surface area contributed by atoms with Gasteiger partial charge < -0.3 is 10.2 Å². The van der Waals surface area contributed by atoms with Gasteiger partial charge in [0.25, 0.3) is 0 Å². The van der Waals surface area contributed by atoms with E-state index < -0.39 is 0 Å². The third-order valence-electron chi connectivity index (χ3n) is 4.20. The van der Waals surface area contributed by atoms with Gasteiger partial charge in [-0.3, -0.25) is 4.79 Å². The molecular formula is C18H21BrN4OS. The zero-order valence-corrected chi connectivity index (χ0v) is 16.5. The maximum absolute atomic E-state index is 12.1. The zero-order valence-electron chi connectivity index (χ0n) is 14.1. The van der Waals surface area contributed by atoms with Crippen LogP contribution in [0.5, 0.6) is 0 Å². The predicted octanol–water partition coefficient (Wildman–Crippen LogP) is 4.35. The SMILES string of the molecule is C[C@H]1CCCCN1c1cc(SCC(=O)Nc2ccc(Br)cc2)ncn1. The lowest BCUT2D eigenvalue weighted by Gasteiger charge is -2.34. The van der Waals surface area contributed by atoms with Gasteiger partial charge in [-0.05, 0) is 50.5 Å². The lowest BCUT2D eigenvalue weighted by molar-refractivity contribution is -0.113. The number of thioether (sulfide) groups is 1. The fraction of sp³-hybridized carbons (Fsp3) is 0.389. The molecule has 0 bridgehead atoms. The summed E-state index contributed by atoms with van der Waals surface area (Å²) in [4.78, 5) is 23.1. The van der Waals surface area contributed by atoms with E-state index in [0.29, 0.717) is 11.8 Å². The molecule has 132 valence electrons. The number of carbonyl (C=O) groups is 1. The first-order valence-electron chi connectivity index (χ1n) is 8.39. The van der Waals surface area contributed by atoms with Gasteiger partial charge in [-0.25, -0.2) is 9.97 Å². The Balaban J connectivity index is 1.56. The first-order valence-corrected chi connectivity index (χ1v) is 10.2. The van der Waals surface area contributed by atoms with Crippen molar-refractivity contribution in [3.63, 3.8) is 0 Å². The molecule has 1 aromatic heterocycles. The summed E-state index contributed by atoms with van der Waals surface area (Å²) in [5.41, 5.74) is 0.791. The van der Waals surface area contributed by atoms with E-state index in [0.717, 1.165) is 27.5 Å². The van der Waals surface area contributed by atoms with Crippen molar-refractivity contribution in [3.8, 4) is 0 Å². The van der Waals surface area contributed by atoms with Crippen molar-refractivity contribution >= 4 is 45.1 Å². The van der Waals surface area contributed by atoms with Crippen LogP contribution in [0.15, 0.2) is 46.2 Å². The van der Waals surface area contributed by atoms with Crippen molar-refractivity contribution in [3.05, 3.63) is 41.1 Å². The molecule has 1 atom stereocenters. The lowest BCUT2D eigenvalue weighted by atomic mass is 10.0. The van der Waals surface area contributed by atoms with E-state index in [2.05, 4.69) is 43.0 Å². The largest absolute Gasteiger partial charge is 0.354 e. The van der Waals surface area contributed by atoms with E-state index in [1.165, 1.54) is 31.0 Å². The van der Waals surface area contributed by atoms with Crippen molar-refractivity contribution < 1.29 is 4.79 Å². The topological polar surface area (TPSA) is 58.1 Å². The molecule has 2 heterocycles. The van der Waals surface area contributed by atoms with Gasteiger partial charge in [0.15, 0.2) is 0 Å². The highest BCUT2D eigenvalue weighted by Gasteiger charge is 2.20. The molecule has 3 rings (SSSR count). The fourth-order valence-electron chi connectivity index (χ4n) is 2.87. The minimum Gasteiger partial charge on any atom is -0.354 e. The second-order valence-electron chi connectivity index (χ2n) is 6.10. The summed E-state index contributed by atoms with van der Waals surface area (Å²) in [6.45, 7) is 3.27. The zero-order chi connectivity index (χ0) is 17.6. The summed E-state index contributed by atoms with van der Waals surface area (Å²) < 4.78 is 0.986. The van der Waals surface area contributed by atoms with Crippen LogP contribution >= 0.6 is 27.7 Å². The molecule has 7 heteroatoms. The van der Waals surface area contributed by atoms with Crippen molar-refractivity contribution in [2.24, 2.45) is 0 Å². The molecule has 1 aliphatic heterocycles. The Kier molecular flexibility index (Phi) is 6.31. The average Bonchev–Trinajstić information content (AvgIpc) is 2.63. The number of aromatic nitrogens is 2. The number of hydrogen-bond donors (Lipinski definition) is 1. The van der Waals surface area contributed by atoms with Crippen LogP contribution in [0.3, 0.4) is 0 Å². The molecule has 0 spiro atoms. The molecule has 1 amide bonds. The second kappa shape index (κ2) is 8.67. The number of piperidine rings is 1. The van der Waals surface area contributed by atoms with Crippen LogP contribution in [0.1, 0.15) is 26.2 Å². The summed E-state index contributed by atoms with van der Waals surface area (Å²) in [6.07, 6.45) is 5.26. The fourth-order valence-corrected chi connectivity index (χ4v) is 3.80. The number of anilines is 2. The second-order valence-corrected chi connectivity index (χ2v) is 8.01. The van der Waals surface area contributed by atoms with Gasteiger partial charge in [-0.2, -0.15) is 0 Å². The van der Waals surface area contributed by atoms with E-state index in [4.69, 9.17) is 0 Å². The Bertz CT molecular complexity index is 725. The van der Waals surface area contributed by atoms with Crippen LogP contribution in [-0.2, 0) is 4.79 Å². The molecule has 1 aliphatic rings. The van der Waals surface area contributed by atoms with Gasteiger partial charge in [0.1, 0.15) is 17.2 Å². The molecule has 0 unspecified atom stereocenters. The third-order valence-corrected chi connectivity index (χ3v) is 5.66. The smallest absolute Gasteiger partial charge is 0.234 e. The summed E-state index contributed by atoms with van der Waals surface area (Å²) in [6, 6.07) is 10.0. The summed E-state index contributed by atoms with van der Waals surface area (Å²) in [5, 5.41) is 3.72. The number of rotatable bonds is 5. The van der Waals surface area contributed by atoms with Crippen LogP contribution in [0.4, 0.5) is 11.5 Å². The highest BCUT2D eigenvalue weighted by atomic mass is 79.9. The summed E-state index contributed by atoms with van der Waals surface area (Å²) in [5.74, 6) is 1.24. The minimum absolute atomic E-state index is 0.0428. The highest BCUT2D eigenvalue weighted by Crippen LogP contribution is 2.25. The van der Waals surface area contributed by atoms with E-state index >= 15 is 0 Å². The van der Waals surface area contributed by atoms with Crippen molar-refractivity contribution in [2.45, 2.75) is 37.3 Å². The molecule has 1 aromatic carbocycles. The Labute approximate surface area is 160 Å². The molecule has 25 heavy (non-hydrogen) atoms. The van der Waals surface area contributed by atoms with Crippen molar-refractivity contribution in [2.75, 3.05) is 22.5 Å². The molecular weight excluding hydrogens is 400 g/mol. The Morgan fingerprint density at radius 2 is 2.12 bits per heavy atom. The molecule has 1 fully saturated rings. The number of benzene rings is 1. The van der Waals surface area contributed by atoms with Crippen LogP contribution in [-0.4, -0.2) is 34.2 Å². The Morgan fingerprint density at radius 3 is 2.88 bits per heavy atom. The number of nitrogens with one attached hydrogen (secondary N) is 1. The monoisotopic (exact) mass is 420 g/mol. The van der Waals surface area contributed by atoms with E-state index in [-0.39, 0.29) is 5.91 Å². The number of amides is 1. The number of carbonyl (C=O) groups excluding carboxylic acids is 1. The van der Waals surface area contributed by atoms with Crippen LogP contribution < -0.4 is 10.2 Å². The molecule has 0 radical (unpaired) electrons. The molecule has 1 saturated heterocycles. The number of nitrogens with zero attached hydrogens (tertiary/aromatic N) is 3. The van der Waals surface area contributed by atoms with E-state index in [9.17, 15) is 4.79 Å². The standard InChI is InChI=1S/C18H21BrN4OS/c1-13-4-2-3-9-23(13)16-10-18(21-12-20-16)25-11-17(24)22-15-7-5-14(19)6-8-15/h5-8,10,12-13H,2-4,9,11H2,1H3,(H,22,24)/t13-/m0/s1. The van der Waals surface area contributed by atoms with Crippen molar-refractivity contribution in [1.29, 1.82) is 0 Å². The molecule has 0 aliphatic carbocycles. The van der Waals surface area contributed by atoms with E-state index in [1.807, 2.05) is 30.3 Å². The Morgan fingerprint density at radius 1 is 1.32 bits per heavy atom. The average molecular weight is 421 g/mol. The minimum atomic E-state index is -0.0428. The summed E-state index contributed by atoms with van der Waals surface area (Å²) >= 11 is 4.81. The Hall–Kier alpha value is -1.60. The maximum atomic E-state index is 12.1. The van der Waals surface area contributed by atoms with E-state index in [1.54, 1.807) is 6.33 Å². The number of halogens is 1. The molecule has 5 nitrogen and oxygen atoms in total. The molecule has 2 aromatic rings. The first kappa shape index (κ1) is 18.2. The highest BCUT2D eigenvalue weighted by molar-refractivity contribution is 9.10. The van der Waals surface area contributed by atoms with Gasteiger partial charge in [0, 0.05) is 28.8 Å². The van der Waals surface area contributed by atoms with Gasteiger partial charge in [-0.15, -0.1) is 0 Å². The van der Waals surface area contributed by atoms with Crippen LogP contribution in [0, 0.1) is 0 Å². The maximum Gasteiger partial charge on any atom is 0.234 e. The molecule has 0 saturated carbocycles. The normalized spacial score (nSPS) is 17.4.